The molecule has 0 radical (unpaired) electrons. The van der Waals surface area contributed by atoms with Gasteiger partial charge in [-0.3, -0.25) is 0 Å². The summed E-state index contributed by atoms with van der Waals surface area (Å²) in [6, 6.07) is 13.0. The van der Waals surface area contributed by atoms with Crippen molar-refractivity contribution in [2.45, 2.75) is 6.54 Å². The van der Waals surface area contributed by atoms with Gasteiger partial charge < -0.3 is 16.4 Å². The Labute approximate surface area is 122 Å². The van der Waals surface area contributed by atoms with Crippen molar-refractivity contribution in [3.63, 3.8) is 0 Å². The molecule has 0 atom stereocenters. The van der Waals surface area contributed by atoms with E-state index in [0.29, 0.717) is 13.1 Å². The minimum absolute atomic E-state index is 0.223. The fourth-order valence-corrected chi connectivity index (χ4v) is 2.36. The molecule has 0 fully saturated rings. The molecule has 0 saturated carbocycles. The van der Waals surface area contributed by atoms with E-state index in [1.165, 1.54) is 0 Å². The third-order valence-corrected chi connectivity index (χ3v) is 3.43. The molecule has 2 rings (SSSR count). The van der Waals surface area contributed by atoms with Gasteiger partial charge in [0.25, 0.3) is 0 Å². The number of para-hydroxylation sites is 1. The second kappa shape index (κ2) is 7.34. The van der Waals surface area contributed by atoms with Crippen LogP contribution in [0.15, 0.2) is 42.5 Å². The van der Waals surface area contributed by atoms with E-state index >= 15 is 0 Å². The monoisotopic (exact) mass is 285 g/mol. The van der Waals surface area contributed by atoms with Crippen molar-refractivity contribution in [2.24, 2.45) is 5.73 Å². The maximum atomic E-state index is 11.7. The van der Waals surface area contributed by atoms with Gasteiger partial charge in [0.1, 0.15) is 0 Å². The Morgan fingerprint density at radius 1 is 1.20 bits per heavy atom. The summed E-state index contributed by atoms with van der Waals surface area (Å²) in [5, 5.41) is 5.57. The lowest BCUT2D eigenvalue weighted by atomic mass is 10.3. The fourth-order valence-electron chi connectivity index (χ4n) is 1.54. The summed E-state index contributed by atoms with van der Waals surface area (Å²) in [6.07, 6.45) is 0. The molecular weight excluding hydrogens is 270 g/mol. The third-order valence-electron chi connectivity index (χ3n) is 2.43. The Morgan fingerprint density at radius 3 is 2.75 bits per heavy atom. The fraction of sp³-hybridized carbons (Fsp3) is 0.133. The van der Waals surface area contributed by atoms with Gasteiger partial charge in [-0.1, -0.05) is 30.0 Å². The zero-order valence-corrected chi connectivity index (χ0v) is 11.7. The molecule has 5 heteroatoms. The molecule has 0 spiro atoms. The first kappa shape index (κ1) is 14.1. The van der Waals surface area contributed by atoms with Gasteiger partial charge in [0.2, 0.25) is 0 Å². The topological polar surface area (TPSA) is 67.1 Å². The van der Waals surface area contributed by atoms with Gasteiger partial charge in [0.15, 0.2) is 0 Å². The predicted octanol–water partition coefficient (Wildman–Crippen LogP) is 2.38. The average molecular weight is 285 g/mol. The highest BCUT2D eigenvalue weighted by Gasteiger charge is 2.02. The maximum absolute atomic E-state index is 11.7. The van der Waals surface area contributed by atoms with Crippen LogP contribution in [-0.2, 0) is 6.54 Å². The zero-order valence-electron chi connectivity index (χ0n) is 10.8. The molecule has 0 aliphatic heterocycles. The number of nitrogens with one attached hydrogen (secondary N) is 2. The molecular formula is C15H15N3OS. The Kier molecular flexibility index (Phi) is 5.18. The highest BCUT2D eigenvalue weighted by molar-refractivity contribution is 7.12. The third kappa shape index (κ3) is 4.43. The van der Waals surface area contributed by atoms with Crippen molar-refractivity contribution in [1.82, 2.24) is 5.32 Å². The molecule has 0 aliphatic carbocycles. The van der Waals surface area contributed by atoms with Gasteiger partial charge in [0.05, 0.1) is 18.0 Å². The average Bonchev–Trinajstić information content (AvgIpc) is 2.92. The standard InChI is InChI=1S/C15H15N3OS/c16-10-4-7-13-8-9-14(20-13)11-17-15(19)18-12-5-2-1-3-6-12/h1-3,5-6,8-9H,10-11,16H2,(H2,17,18,19). The van der Waals surface area contributed by atoms with Crippen molar-refractivity contribution in [3.8, 4) is 11.8 Å². The van der Waals surface area contributed by atoms with E-state index in [0.717, 1.165) is 15.4 Å². The second-order valence-electron chi connectivity index (χ2n) is 3.95. The summed E-state index contributed by atoms with van der Waals surface area (Å²) in [6.45, 7) is 0.832. The van der Waals surface area contributed by atoms with Crippen molar-refractivity contribution < 1.29 is 4.79 Å². The first-order valence-corrected chi connectivity index (χ1v) is 6.97. The molecule has 0 saturated heterocycles. The van der Waals surface area contributed by atoms with Crippen LogP contribution in [0.5, 0.6) is 0 Å². The predicted molar refractivity (Wildman–Crippen MR) is 82.6 cm³/mol. The first-order chi connectivity index (χ1) is 9.78. The van der Waals surface area contributed by atoms with E-state index in [1.54, 1.807) is 11.3 Å². The van der Waals surface area contributed by atoms with Gasteiger partial charge in [-0.2, -0.15) is 0 Å². The lowest BCUT2D eigenvalue weighted by Gasteiger charge is -2.06. The zero-order chi connectivity index (χ0) is 14.2. The van der Waals surface area contributed by atoms with Gasteiger partial charge in [-0.25, -0.2) is 4.79 Å². The highest BCUT2D eigenvalue weighted by Crippen LogP contribution is 2.15. The number of rotatable bonds is 3. The molecule has 2 aromatic rings. The van der Waals surface area contributed by atoms with Crippen molar-refractivity contribution in [2.75, 3.05) is 11.9 Å². The van der Waals surface area contributed by atoms with E-state index in [2.05, 4.69) is 22.5 Å². The summed E-state index contributed by atoms with van der Waals surface area (Å²) < 4.78 is 0. The number of hydrogen-bond donors (Lipinski definition) is 3. The summed E-state index contributed by atoms with van der Waals surface area (Å²) in [5.41, 5.74) is 6.09. The minimum atomic E-state index is -0.223. The molecule has 0 aliphatic rings. The van der Waals surface area contributed by atoms with Gasteiger partial charge in [-0.15, -0.1) is 11.3 Å². The van der Waals surface area contributed by atoms with E-state index in [1.807, 2.05) is 42.5 Å². The molecule has 1 aromatic carbocycles. The van der Waals surface area contributed by atoms with Crippen LogP contribution < -0.4 is 16.4 Å². The number of benzene rings is 1. The number of hydrogen-bond acceptors (Lipinski definition) is 3. The molecule has 4 nitrogen and oxygen atoms in total. The summed E-state index contributed by atoms with van der Waals surface area (Å²) >= 11 is 1.55. The van der Waals surface area contributed by atoms with Crippen molar-refractivity contribution in [3.05, 3.63) is 52.2 Å². The van der Waals surface area contributed by atoms with Crippen LogP contribution in [0.25, 0.3) is 0 Å². The number of nitrogens with two attached hydrogens (primary N) is 1. The maximum Gasteiger partial charge on any atom is 0.319 e. The highest BCUT2D eigenvalue weighted by atomic mass is 32.1. The molecule has 2 amide bonds. The lowest BCUT2D eigenvalue weighted by Crippen LogP contribution is -2.27. The van der Waals surface area contributed by atoms with Crippen LogP contribution in [-0.4, -0.2) is 12.6 Å². The van der Waals surface area contributed by atoms with Crippen LogP contribution >= 0.6 is 11.3 Å². The molecule has 20 heavy (non-hydrogen) atoms. The SMILES string of the molecule is NCC#Cc1ccc(CNC(=O)Nc2ccccc2)s1. The van der Waals surface area contributed by atoms with Crippen LogP contribution in [0.2, 0.25) is 0 Å². The molecule has 1 aromatic heterocycles. The second-order valence-corrected chi connectivity index (χ2v) is 5.11. The van der Waals surface area contributed by atoms with Crippen molar-refractivity contribution >= 4 is 23.1 Å². The van der Waals surface area contributed by atoms with Gasteiger partial charge in [0, 0.05) is 10.6 Å². The first-order valence-electron chi connectivity index (χ1n) is 6.15. The normalized spacial score (nSPS) is 9.45. The smallest absolute Gasteiger partial charge is 0.319 e. The number of thiophene rings is 1. The lowest BCUT2D eigenvalue weighted by molar-refractivity contribution is 0.252. The minimum Gasteiger partial charge on any atom is -0.333 e. The van der Waals surface area contributed by atoms with Gasteiger partial charge >= 0.3 is 6.03 Å². The van der Waals surface area contributed by atoms with E-state index in [-0.39, 0.29) is 6.03 Å². The van der Waals surface area contributed by atoms with Crippen molar-refractivity contribution in [1.29, 1.82) is 0 Å². The number of urea groups is 1. The summed E-state index contributed by atoms with van der Waals surface area (Å²) in [4.78, 5) is 13.7. The summed E-state index contributed by atoms with van der Waals surface area (Å²) in [5.74, 6) is 5.77. The van der Waals surface area contributed by atoms with Crippen LogP contribution in [0.4, 0.5) is 10.5 Å². The van der Waals surface area contributed by atoms with Crippen LogP contribution in [0.1, 0.15) is 9.75 Å². The molecule has 0 unspecified atom stereocenters. The number of amides is 2. The molecule has 102 valence electrons. The Balaban J connectivity index is 1.83. The number of carbonyl (C=O) groups is 1. The molecule has 0 bridgehead atoms. The van der Waals surface area contributed by atoms with Gasteiger partial charge in [-0.05, 0) is 24.3 Å². The van der Waals surface area contributed by atoms with Crippen LogP contribution in [0, 0.1) is 11.8 Å². The van der Waals surface area contributed by atoms with E-state index < -0.39 is 0 Å². The Hall–Kier alpha value is -2.29. The Morgan fingerprint density at radius 2 is 2.00 bits per heavy atom. The van der Waals surface area contributed by atoms with E-state index in [9.17, 15) is 4.79 Å². The summed E-state index contributed by atoms with van der Waals surface area (Å²) in [7, 11) is 0. The largest absolute Gasteiger partial charge is 0.333 e. The molecule has 4 N–H and O–H groups in total. The van der Waals surface area contributed by atoms with E-state index in [4.69, 9.17) is 5.73 Å². The molecule has 1 heterocycles. The van der Waals surface area contributed by atoms with Crippen LogP contribution in [0.3, 0.4) is 0 Å². The Bertz CT molecular complexity index is 625. The number of carbonyl (C=O) groups excluding carboxylic acids is 1. The quantitative estimate of drug-likeness (QED) is 0.758. The number of anilines is 1.